The number of hydrogen-bond donors (Lipinski definition) is 0. The fourth-order valence-electron chi connectivity index (χ4n) is 2.83. The van der Waals surface area contributed by atoms with E-state index in [4.69, 9.17) is 9.47 Å². The van der Waals surface area contributed by atoms with Gasteiger partial charge in [-0.25, -0.2) is 0 Å². The molecule has 1 heterocycles. The minimum atomic E-state index is -0.254. The molecule has 3 rings (SSSR count). The van der Waals surface area contributed by atoms with Crippen LogP contribution in [0.25, 0.3) is 21.8 Å². The van der Waals surface area contributed by atoms with Crippen LogP contribution in [0.5, 0.6) is 0 Å². The SMILES string of the molecule is COCC(C)OC(=O)Cn1c2ccccc2c2ccccc21. The van der Waals surface area contributed by atoms with Gasteiger partial charge in [0.1, 0.15) is 12.6 Å². The van der Waals surface area contributed by atoms with Crippen molar-refractivity contribution in [3.8, 4) is 0 Å². The lowest BCUT2D eigenvalue weighted by Gasteiger charge is -2.13. The molecule has 0 aliphatic heterocycles. The number of carbonyl (C=O) groups excluding carboxylic acids is 1. The third kappa shape index (κ3) is 2.70. The molecule has 1 atom stereocenters. The Morgan fingerprint density at radius 2 is 1.59 bits per heavy atom. The minimum Gasteiger partial charge on any atom is -0.459 e. The summed E-state index contributed by atoms with van der Waals surface area (Å²) in [5.41, 5.74) is 2.08. The lowest BCUT2D eigenvalue weighted by Crippen LogP contribution is -2.22. The highest BCUT2D eigenvalue weighted by atomic mass is 16.6. The van der Waals surface area contributed by atoms with E-state index in [9.17, 15) is 4.79 Å². The molecule has 4 heteroatoms. The van der Waals surface area contributed by atoms with Crippen LogP contribution in [-0.4, -0.2) is 30.4 Å². The van der Waals surface area contributed by atoms with Crippen molar-refractivity contribution in [1.29, 1.82) is 0 Å². The maximum atomic E-state index is 12.2. The smallest absolute Gasteiger partial charge is 0.326 e. The van der Waals surface area contributed by atoms with Gasteiger partial charge in [0.25, 0.3) is 0 Å². The van der Waals surface area contributed by atoms with E-state index in [-0.39, 0.29) is 18.6 Å². The van der Waals surface area contributed by atoms with Crippen LogP contribution in [0.1, 0.15) is 6.92 Å². The number of esters is 1. The highest BCUT2D eigenvalue weighted by Gasteiger charge is 2.15. The molecule has 0 fully saturated rings. The topological polar surface area (TPSA) is 40.5 Å². The van der Waals surface area contributed by atoms with Gasteiger partial charge in [-0.1, -0.05) is 36.4 Å². The molecule has 0 amide bonds. The summed E-state index contributed by atoms with van der Waals surface area (Å²) in [6.07, 6.45) is -0.245. The van der Waals surface area contributed by atoms with Gasteiger partial charge in [-0.2, -0.15) is 0 Å². The van der Waals surface area contributed by atoms with Crippen molar-refractivity contribution in [2.24, 2.45) is 0 Å². The number of nitrogens with zero attached hydrogens (tertiary/aromatic N) is 1. The Balaban J connectivity index is 1.97. The summed E-state index contributed by atoms with van der Waals surface area (Å²) in [6.45, 7) is 2.42. The van der Waals surface area contributed by atoms with E-state index in [0.29, 0.717) is 6.61 Å². The van der Waals surface area contributed by atoms with Crippen molar-refractivity contribution in [2.45, 2.75) is 19.6 Å². The van der Waals surface area contributed by atoms with Gasteiger partial charge >= 0.3 is 5.97 Å². The van der Waals surface area contributed by atoms with Gasteiger partial charge < -0.3 is 14.0 Å². The predicted octanol–water partition coefficient (Wildman–Crippen LogP) is 3.37. The molecule has 0 spiro atoms. The predicted molar refractivity (Wildman–Crippen MR) is 86.9 cm³/mol. The van der Waals surface area contributed by atoms with Crippen LogP contribution in [0.4, 0.5) is 0 Å². The average molecular weight is 297 g/mol. The minimum absolute atomic E-state index is 0.197. The fraction of sp³-hybridized carbons (Fsp3) is 0.278. The molecule has 0 saturated carbocycles. The van der Waals surface area contributed by atoms with Gasteiger partial charge in [-0.3, -0.25) is 4.79 Å². The summed E-state index contributed by atoms with van der Waals surface area (Å²) in [6, 6.07) is 16.2. The van der Waals surface area contributed by atoms with Crippen LogP contribution in [-0.2, 0) is 20.8 Å². The Bertz CT molecular complexity index is 753. The number of ether oxygens (including phenoxy) is 2. The molecule has 114 valence electrons. The van der Waals surface area contributed by atoms with Crippen molar-refractivity contribution >= 4 is 27.8 Å². The van der Waals surface area contributed by atoms with Crippen LogP contribution in [0, 0.1) is 0 Å². The first-order chi connectivity index (χ1) is 10.7. The van der Waals surface area contributed by atoms with Crippen LogP contribution < -0.4 is 0 Å². The fourth-order valence-corrected chi connectivity index (χ4v) is 2.83. The summed E-state index contributed by atoms with van der Waals surface area (Å²) in [7, 11) is 1.59. The number of hydrogen-bond acceptors (Lipinski definition) is 3. The molecule has 0 aliphatic rings. The van der Waals surface area contributed by atoms with Crippen LogP contribution >= 0.6 is 0 Å². The molecule has 22 heavy (non-hydrogen) atoms. The molecule has 1 aromatic heterocycles. The third-order valence-electron chi connectivity index (χ3n) is 3.70. The average Bonchev–Trinajstić information content (AvgIpc) is 2.82. The van der Waals surface area contributed by atoms with Gasteiger partial charge in [0, 0.05) is 28.9 Å². The maximum absolute atomic E-state index is 12.2. The number of carbonyl (C=O) groups is 1. The lowest BCUT2D eigenvalue weighted by atomic mass is 10.2. The second-order valence-electron chi connectivity index (χ2n) is 5.38. The highest BCUT2D eigenvalue weighted by molar-refractivity contribution is 6.08. The monoisotopic (exact) mass is 297 g/mol. The standard InChI is InChI=1S/C18H19NO3/c1-13(12-21-2)22-18(20)11-19-16-9-5-3-7-14(16)15-8-4-6-10-17(15)19/h3-10,13H,11-12H2,1-2H3. The molecular weight excluding hydrogens is 278 g/mol. The van der Waals surface area contributed by atoms with Gasteiger partial charge in [-0.15, -0.1) is 0 Å². The zero-order valence-corrected chi connectivity index (χ0v) is 12.8. The molecule has 0 aliphatic carbocycles. The van der Waals surface area contributed by atoms with Crippen molar-refractivity contribution in [3.05, 3.63) is 48.5 Å². The second kappa shape index (κ2) is 6.20. The van der Waals surface area contributed by atoms with Gasteiger partial charge in [0.15, 0.2) is 0 Å². The van der Waals surface area contributed by atoms with Gasteiger partial charge in [0.2, 0.25) is 0 Å². The molecule has 1 unspecified atom stereocenters. The van der Waals surface area contributed by atoms with Crippen molar-refractivity contribution in [1.82, 2.24) is 4.57 Å². The number of rotatable bonds is 5. The molecule has 0 saturated heterocycles. The van der Waals surface area contributed by atoms with Gasteiger partial charge in [-0.05, 0) is 19.1 Å². The number of methoxy groups -OCH3 is 1. The Morgan fingerprint density at radius 3 is 2.14 bits per heavy atom. The van der Waals surface area contributed by atoms with E-state index in [2.05, 4.69) is 12.1 Å². The van der Waals surface area contributed by atoms with Crippen LogP contribution in [0.15, 0.2) is 48.5 Å². The van der Waals surface area contributed by atoms with Crippen LogP contribution in [0.3, 0.4) is 0 Å². The quantitative estimate of drug-likeness (QED) is 0.678. The molecule has 2 aromatic carbocycles. The van der Waals surface area contributed by atoms with E-state index in [0.717, 1.165) is 21.8 Å². The normalized spacial score (nSPS) is 12.6. The molecule has 0 N–H and O–H groups in total. The molecule has 0 radical (unpaired) electrons. The van der Waals surface area contributed by atoms with Crippen molar-refractivity contribution in [3.63, 3.8) is 0 Å². The molecular formula is C18H19NO3. The van der Waals surface area contributed by atoms with Crippen LogP contribution in [0.2, 0.25) is 0 Å². The second-order valence-corrected chi connectivity index (χ2v) is 5.38. The highest BCUT2D eigenvalue weighted by Crippen LogP contribution is 2.28. The lowest BCUT2D eigenvalue weighted by molar-refractivity contribution is -0.151. The summed E-state index contributed by atoms with van der Waals surface area (Å²) in [4.78, 5) is 12.2. The Kier molecular flexibility index (Phi) is 4.11. The summed E-state index contributed by atoms with van der Waals surface area (Å²) in [5.74, 6) is -0.254. The Hall–Kier alpha value is -2.33. The zero-order valence-electron chi connectivity index (χ0n) is 12.8. The maximum Gasteiger partial charge on any atom is 0.326 e. The van der Waals surface area contributed by atoms with E-state index in [1.165, 1.54) is 0 Å². The summed E-state index contributed by atoms with van der Waals surface area (Å²) in [5, 5.41) is 2.30. The first kappa shape index (κ1) is 14.6. The number of benzene rings is 2. The van der Waals surface area contributed by atoms with E-state index in [1.807, 2.05) is 47.9 Å². The first-order valence-electron chi connectivity index (χ1n) is 7.35. The first-order valence-corrected chi connectivity index (χ1v) is 7.35. The largest absolute Gasteiger partial charge is 0.459 e. The molecule has 4 nitrogen and oxygen atoms in total. The molecule has 3 aromatic rings. The number of para-hydroxylation sites is 2. The van der Waals surface area contributed by atoms with E-state index >= 15 is 0 Å². The molecule has 0 bridgehead atoms. The Morgan fingerprint density at radius 1 is 1.05 bits per heavy atom. The number of aromatic nitrogens is 1. The van der Waals surface area contributed by atoms with Crippen molar-refractivity contribution in [2.75, 3.05) is 13.7 Å². The van der Waals surface area contributed by atoms with Crippen molar-refractivity contribution < 1.29 is 14.3 Å². The van der Waals surface area contributed by atoms with Gasteiger partial charge in [0.05, 0.1) is 6.61 Å². The third-order valence-corrected chi connectivity index (χ3v) is 3.70. The summed E-state index contributed by atoms with van der Waals surface area (Å²) >= 11 is 0. The Labute approximate surface area is 129 Å². The van der Waals surface area contributed by atoms with E-state index in [1.54, 1.807) is 7.11 Å². The zero-order chi connectivity index (χ0) is 15.5. The number of fused-ring (bicyclic) bond motifs is 3. The van der Waals surface area contributed by atoms with E-state index < -0.39 is 0 Å². The summed E-state index contributed by atoms with van der Waals surface area (Å²) < 4.78 is 12.4.